The molecular weight excluding hydrogens is 516 g/mol. The van der Waals surface area contributed by atoms with E-state index in [1.807, 2.05) is 0 Å². The minimum atomic E-state index is -0.688. The van der Waals surface area contributed by atoms with Crippen molar-refractivity contribution >= 4 is 22.2 Å². The van der Waals surface area contributed by atoms with Crippen molar-refractivity contribution in [2.75, 3.05) is 6.61 Å². The summed E-state index contributed by atoms with van der Waals surface area (Å²) in [5.41, 5.74) is 2.98. The number of ether oxygens (including phenoxy) is 1. The molecule has 3 aromatic carbocycles. The maximum Gasteiger partial charge on any atom is 0.328 e. The zero-order chi connectivity index (χ0) is 28.0. The molecule has 6 aromatic rings. The van der Waals surface area contributed by atoms with Gasteiger partial charge in [-0.1, -0.05) is 24.3 Å². The van der Waals surface area contributed by atoms with Crippen molar-refractivity contribution in [1.82, 2.24) is 29.1 Å². The van der Waals surface area contributed by atoms with Crippen molar-refractivity contribution in [3.05, 3.63) is 100 Å². The van der Waals surface area contributed by atoms with E-state index < -0.39 is 23.4 Å². The Kier molecular flexibility index (Phi) is 6.07. The van der Waals surface area contributed by atoms with Gasteiger partial charge in [0.05, 0.1) is 35.3 Å². The largest absolute Gasteiger partial charge is 0.490 e. The number of halogens is 2. The summed E-state index contributed by atoms with van der Waals surface area (Å²) in [5.74, 6) is -0.801. The molecule has 40 heavy (non-hydrogen) atoms. The Labute approximate surface area is 226 Å². The Morgan fingerprint density at radius 3 is 2.65 bits per heavy atom. The average Bonchev–Trinajstić information content (AvgIpc) is 3.53. The first kappa shape index (κ1) is 24.9. The second-order valence-corrected chi connectivity index (χ2v) is 9.07. The van der Waals surface area contributed by atoms with Crippen molar-refractivity contribution in [3.8, 4) is 29.0 Å². The van der Waals surface area contributed by atoms with Crippen LogP contribution < -0.4 is 10.4 Å². The minimum absolute atomic E-state index is 0.0522. The Balaban J connectivity index is 1.64. The molecule has 11 heteroatoms. The summed E-state index contributed by atoms with van der Waals surface area (Å²) in [4.78, 5) is 30.1. The molecule has 1 atom stereocenters. The number of hydrogen-bond acceptors (Lipinski definition) is 6. The Morgan fingerprint density at radius 1 is 1.10 bits per heavy atom. The standard InChI is InChI=1S/C29H21F2N7O2/c1-3-40-26-20(5-4-6-21(26)31)16(2)38-27-25(35-29(38)39)24(18-9-7-17(14-32)8-10-18)34-28(36-27)37-15-33-22-12-11-19(30)13-23(22)37/h4-13,15-16H,3H2,1-2H3,(H,35,39)/t16-/m1/s1. The summed E-state index contributed by atoms with van der Waals surface area (Å²) in [6.45, 7) is 3.74. The highest BCUT2D eigenvalue weighted by Gasteiger charge is 2.25. The van der Waals surface area contributed by atoms with E-state index >= 15 is 0 Å². The summed E-state index contributed by atoms with van der Waals surface area (Å²) in [7, 11) is 0. The van der Waals surface area contributed by atoms with E-state index in [0.717, 1.165) is 0 Å². The van der Waals surface area contributed by atoms with Crippen LogP contribution in [-0.4, -0.2) is 35.7 Å². The Morgan fingerprint density at radius 2 is 1.90 bits per heavy atom. The van der Waals surface area contributed by atoms with Crippen LogP contribution in [0.15, 0.2) is 71.8 Å². The maximum absolute atomic E-state index is 14.7. The fraction of sp³-hybridized carbons (Fsp3) is 0.138. The first-order valence-electron chi connectivity index (χ1n) is 12.5. The molecule has 0 aliphatic heterocycles. The molecule has 9 nitrogen and oxygen atoms in total. The van der Waals surface area contributed by atoms with Crippen LogP contribution in [0.1, 0.15) is 31.0 Å². The van der Waals surface area contributed by atoms with Gasteiger partial charge in [-0.15, -0.1) is 0 Å². The first-order valence-corrected chi connectivity index (χ1v) is 12.5. The molecule has 0 unspecified atom stereocenters. The molecule has 0 aliphatic carbocycles. The van der Waals surface area contributed by atoms with E-state index in [1.165, 1.54) is 33.7 Å². The monoisotopic (exact) mass is 537 g/mol. The van der Waals surface area contributed by atoms with E-state index in [4.69, 9.17) is 14.7 Å². The topological polar surface area (TPSA) is 114 Å². The summed E-state index contributed by atoms with van der Waals surface area (Å²) in [5, 5.41) is 9.25. The summed E-state index contributed by atoms with van der Waals surface area (Å²) >= 11 is 0. The van der Waals surface area contributed by atoms with E-state index in [-0.39, 0.29) is 24.0 Å². The number of fused-ring (bicyclic) bond motifs is 2. The molecule has 3 aromatic heterocycles. The number of rotatable bonds is 6. The van der Waals surface area contributed by atoms with Gasteiger partial charge in [-0.2, -0.15) is 10.2 Å². The van der Waals surface area contributed by atoms with Crippen molar-refractivity contribution in [2.45, 2.75) is 19.9 Å². The second kappa shape index (κ2) is 9.74. The highest BCUT2D eigenvalue weighted by atomic mass is 19.1. The molecule has 0 fully saturated rings. The fourth-order valence-corrected chi connectivity index (χ4v) is 4.80. The summed E-state index contributed by atoms with van der Waals surface area (Å²) in [6.07, 6.45) is 1.48. The van der Waals surface area contributed by atoms with Crippen molar-refractivity contribution < 1.29 is 13.5 Å². The predicted octanol–water partition coefficient (Wildman–Crippen LogP) is 5.28. The second-order valence-electron chi connectivity index (χ2n) is 9.07. The van der Waals surface area contributed by atoms with Crippen LogP contribution in [0, 0.1) is 23.0 Å². The van der Waals surface area contributed by atoms with Gasteiger partial charge in [-0.25, -0.2) is 23.5 Å². The van der Waals surface area contributed by atoms with E-state index in [0.29, 0.717) is 38.9 Å². The minimum Gasteiger partial charge on any atom is -0.490 e. The van der Waals surface area contributed by atoms with Crippen LogP contribution in [0.2, 0.25) is 0 Å². The van der Waals surface area contributed by atoms with Crippen LogP contribution in [0.3, 0.4) is 0 Å². The van der Waals surface area contributed by atoms with E-state index in [2.05, 4.69) is 16.0 Å². The zero-order valence-electron chi connectivity index (χ0n) is 21.4. The van der Waals surface area contributed by atoms with Gasteiger partial charge >= 0.3 is 5.69 Å². The van der Waals surface area contributed by atoms with Crippen LogP contribution in [0.5, 0.6) is 5.75 Å². The number of H-pyrrole nitrogens is 1. The molecule has 0 saturated heterocycles. The van der Waals surface area contributed by atoms with Gasteiger partial charge < -0.3 is 9.72 Å². The lowest BCUT2D eigenvalue weighted by Crippen LogP contribution is -2.22. The van der Waals surface area contributed by atoms with Gasteiger partial charge in [0.25, 0.3) is 0 Å². The van der Waals surface area contributed by atoms with Crippen molar-refractivity contribution in [2.24, 2.45) is 0 Å². The lowest BCUT2D eigenvalue weighted by molar-refractivity contribution is 0.314. The third-order valence-corrected chi connectivity index (χ3v) is 6.69. The van der Waals surface area contributed by atoms with Crippen LogP contribution in [-0.2, 0) is 0 Å². The number of para-hydroxylation sites is 1. The third-order valence-electron chi connectivity index (χ3n) is 6.69. The van der Waals surface area contributed by atoms with Crippen molar-refractivity contribution in [1.29, 1.82) is 5.26 Å². The molecule has 1 N–H and O–H groups in total. The molecule has 0 radical (unpaired) electrons. The number of nitrogens with one attached hydrogen (secondary N) is 1. The first-order chi connectivity index (χ1) is 19.4. The number of aromatic nitrogens is 6. The number of nitrogens with zero attached hydrogens (tertiary/aromatic N) is 6. The highest BCUT2D eigenvalue weighted by molar-refractivity contribution is 5.88. The van der Waals surface area contributed by atoms with Gasteiger partial charge in [-0.05, 0) is 44.2 Å². The summed E-state index contributed by atoms with van der Waals surface area (Å²) < 4.78 is 37.4. The lowest BCUT2D eigenvalue weighted by Gasteiger charge is -2.18. The lowest BCUT2D eigenvalue weighted by atomic mass is 10.1. The highest BCUT2D eigenvalue weighted by Crippen LogP contribution is 2.33. The molecule has 0 amide bonds. The number of benzene rings is 3. The SMILES string of the molecule is CCOc1c(F)cccc1[C@@H](C)n1c(=O)[nH]c2c(-c3ccc(C#N)cc3)nc(-n3cnc4ccc(F)cc43)nc21. The number of hydrogen-bond donors (Lipinski definition) is 1. The van der Waals surface area contributed by atoms with E-state index in [9.17, 15) is 18.8 Å². The molecule has 0 bridgehead atoms. The van der Waals surface area contributed by atoms with Gasteiger partial charge in [0, 0.05) is 17.2 Å². The number of aromatic amines is 1. The number of imidazole rings is 2. The molecule has 0 saturated carbocycles. The van der Waals surface area contributed by atoms with Gasteiger partial charge in [0.15, 0.2) is 17.2 Å². The fourth-order valence-electron chi connectivity index (χ4n) is 4.80. The molecular formula is C29H21F2N7O2. The molecule has 198 valence electrons. The van der Waals surface area contributed by atoms with Crippen LogP contribution in [0.4, 0.5) is 8.78 Å². The smallest absolute Gasteiger partial charge is 0.328 e. The molecule has 6 rings (SSSR count). The number of nitriles is 1. The van der Waals surface area contributed by atoms with Gasteiger partial charge in [-0.3, -0.25) is 9.13 Å². The third kappa shape index (κ3) is 4.06. The Hall–Kier alpha value is -5.37. The molecule has 3 heterocycles. The molecule has 0 aliphatic rings. The van der Waals surface area contributed by atoms with Gasteiger partial charge in [0.2, 0.25) is 5.95 Å². The quantitative estimate of drug-likeness (QED) is 0.309. The normalized spacial score (nSPS) is 12.1. The average molecular weight is 538 g/mol. The van der Waals surface area contributed by atoms with Crippen molar-refractivity contribution in [3.63, 3.8) is 0 Å². The van der Waals surface area contributed by atoms with Crippen LogP contribution in [0.25, 0.3) is 39.4 Å². The Bertz CT molecular complexity index is 2000. The van der Waals surface area contributed by atoms with Crippen LogP contribution >= 0.6 is 0 Å². The zero-order valence-corrected chi connectivity index (χ0v) is 21.4. The molecule has 0 spiro atoms. The van der Waals surface area contributed by atoms with E-state index in [1.54, 1.807) is 56.3 Å². The van der Waals surface area contributed by atoms with Gasteiger partial charge in [0.1, 0.15) is 23.4 Å². The summed E-state index contributed by atoms with van der Waals surface area (Å²) in [6, 6.07) is 16.8. The predicted molar refractivity (Wildman–Crippen MR) is 144 cm³/mol. The maximum atomic E-state index is 14.7.